The van der Waals surface area contributed by atoms with Crippen molar-refractivity contribution in [3.8, 4) is 0 Å². The summed E-state index contributed by atoms with van der Waals surface area (Å²) in [5, 5.41) is 4.22. The smallest absolute Gasteiger partial charge is 0.227 e. The predicted molar refractivity (Wildman–Crippen MR) is 104 cm³/mol. The van der Waals surface area contributed by atoms with Gasteiger partial charge in [-0.2, -0.15) is 0 Å². The first-order chi connectivity index (χ1) is 12.2. The van der Waals surface area contributed by atoms with Crippen LogP contribution in [-0.4, -0.2) is 24.0 Å². The average Bonchev–Trinajstić information content (AvgIpc) is 3.02. The third-order valence-corrected chi connectivity index (χ3v) is 6.31. The Hall–Kier alpha value is -1.88. The number of hydrogen-bond donors (Lipinski definition) is 1. The van der Waals surface area contributed by atoms with Crippen LogP contribution in [0.1, 0.15) is 41.3 Å². The van der Waals surface area contributed by atoms with Crippen LogP contribution in [0.2, 0.25) is 0 Å². The predicted octanol–water partition coefficient (Wildman–Crippen LogP) is 4.19. The van der Waals surface area contributed by atoms with Gasteiger partial charge in [-0.25, -0.2) is 4.98 Å². The van der Waals surface area contributed by atoms with E-state index in [1.54, 1.807) is 11.3 Å². The van der Waals surface area contributed by atoms with Crippen molar-refractivity contribution in [2.75, 3.05) is 23.3 Å². The molecule has 1 aromatic carbocycles. The molecule has 1 aliphatic heterocycles. The van der Waals surface area contributed by atoms with E-state index in [9.17, 15) is 4.79 Å². The second-order valence-electron chi connectivity index (χ2n) is 7.13. The lowest BCUT2D eigenvalue weighted by Crippen LogP contribution is -2.29. The monoisotopic (exact) mass is 355 g/mol. The van der Waals surface area contributed by atoms with Crippen molar-refractivity contribution in [3.63, 3.8) is 0 Å². The molecule has 1 N–H and O–H groups in total. The number of hydrogen-bond acceptors (Lipinski definition) is 4. The number of carbonyl (C=O) groups excluding carboxylic acids is 1. The van der Waals surface area contributed by atoms with Gasteiger partial charge in [-0.05, 0) is 69.7 Å². The molecule has 1 atom stereocenters. The Balaban J connectivity index is 1.37. The summed E-state index contributed by atoms with van der Waals surface area (Å²) < 4.78 is 0. The quantitative estimate of drug-likeness (QED) is 0.898. The number of aromatic nitrogens is 1. The van der Waals surface area contributed by atoms with Gasteiger partial charge in [0.2, 0.25) is 5.91 Å². The number of rotatable bonds is 3. The Morgan fingerprint density at radius 1 is 1.20 bits per heavy atom. The molecular weight excluding hydrogens is 330 g/mol. The zero-order valence-corrected chi connectivity index (χ0v) is 15.6. The van der Waals surface area contributed by atoms with Crippen molar-refractivity contribution in [3.05, 3.63) is 39.8 Å². The number of piperidine rings is 1. The summed E-state index contributed by atoms with van der Waals surface area (Å²) in [7, 11) is 0. The maximum Gasteiger partial charge on any atom is 0.227 e. The van der Waals surface area contributed by atoms with Gasteiger partial charge in [-0.1, -0.05) is 0 Å². The summed E-state index contributed by atoms with van der Waals surface area (Å²) in [5.41, 5.74) is 3.37. The van der Waals surface area contributed by atoms with Crippen LogP contribution in [0, 0.1) is 12.8 Å². The number of nitrogens with one attached hydrogen (secondary N) is 1. The minimum absolute atomic E-state index is 0.0640. The molecule has 4 rings (SSSR count). The normalized spacial score (nSPS) is 20.2. The van der Waals surface area contributed by atoms with E-state index in [0.29, 0.717) is 0 Å². The van der Waals surface area contributed by atoms with Crippen LogP contribution in [-0.2, 0) is 17.6 Å². The van der Waals surface area contributed by atoms with Crippen molar-refractivity contribution in [2.45, 2.75) is 45.4 Å². The summed E-state index contributed by atoms with van der Waals surface area (Å²) in [6.45, 7) is 4.33. The molecule has 1 unspecified atom stereocenters. The number of fused-ring (bicyclic) bond motifs is 1. The molecule has 1 amide bonds. The topological polar surface area (TPSA) is 45.2 Å². The summed E-state index contributed by atoms with van der Waals surface area (Å²) >= 11 is 1.74. The number of nitrogens with zero attached hydrogens (tertiary/aromatic N) is 2. The highest BCUT2D eigenvalue weighted by molar-refractivity contribution is 7.11. The zero-order chi connectivity index (χ0) is 17.2. The molecule has 1 fully saturated rings. The fourth-order valence-corrected chi connectivity index (χ4v) is 4.94. The molecule has 2 aromatic rings. The van der Waals surface area contributed by atoms with Gasteiger partial charge in [0.1, 0.15) is 0 Å². The van der Waals surface area contributed by atoms with E-state index in [2.05, 4.69) is 27.3 Å². The number of benzene rings is 1. The molecule has 2 aliphatic rings. The molecule has 1 saturated heterocycles. The van der Waals surface area contributed by atoms with Crippen LogP contribution < -0.4 is 10.2 Å². The number of aryl methyl sites for hydroxylation is 2. The van der Waals surface area contributed by atoms with Crippen LogP contribution in [0.4, 0.5) is 11.4 Å². The molecule has 5 heteroatoms. The molecule has 2 heterocycles. The third-order valence-electron chi connectivity index (χ3n) is 5.27. The molecule has 1 aromatic heterocycles. The lowest BCUT2D eigenvalue weighted by molar-refractivity contribution is -0.120. The SMILES string of the molecule is Cc1nc2c(s1)CC(C(=O)Nc1ccc(N3CCCCC3)cc1)CC2. The van der Waals surface area contributed by atoms with Crippen LogP contribution in [0.25, 0.3) is 0 Å². The first-order valence-corrected chi connectivity index (χ1v) is 10.1. The van der Waals surface area contributed by atoms with Crippen LogP contribution in [0.5, 0.6) is 0 Å². The van der Waals surface area contributed by atoms with Crippen molar-refractivity contribution >= 4 is 28.6 Å². The summed E-state index contributed by atoms with van der Waals surface area (Å²) in [6, 6.07) is 8.33. The number of anilines is 2. The fraction of sp³-hybridized carbons (Fsp3) is 0.500. The van der Waals surface area contributed by atoms with E-state index in [1.165, 1.54) is 35.5 Å². The molecular formula is C20H25N3OS. The van der Waals surface area contributed by atoms with Crippen molar-refractivity contribution in [2.24, 2.45) is 5.92 Å². The van der Waals surface area contributed by atoms with Gasteiger partial charge in [0.05, 0.1) is 10.7 Å². The van der Waals surface area contributed by atoms with Gasteiger partial charge >= 0.3 is 0 Å². The second kappa shape index (κ2) is 7.16. The molecule has 25 heavy (non-hydrogen) atoms. The number of amides is 1. The highest BCUT2D eigenvalue weighted by atomic mass is 32.1. The highest BCUT2D eigenvalue weighted by Crippen LogP contribution is 2.30. The Morgan fingerprint density at radius 2 is 1.96 bits per heavy atom. The molecule has 0 bridgehead atoms. The zero-order valence-electron chi connectivity index (χ0n) is 14.8. The Kier molecular flexibility index (Phi) is 4.75. The third kappa shape index (κ3) is 3.71. The van der Waals surface area contributed by atoms with Crippen LogP contribution in [0.3, 0.4) is 0 Å². The maximum absolute atomic E-state index is 12.6. The summed E-state index contributed by atoms with van der Waals surface area (Å²) in [4.78, 5) is 20.9. The van der Waals surface area contributed by atoms with E-state index in [1.807, 2.05) is 19.1 Å². The average molecular weight is 356 g/mol. The maximum atomic E-state index is 12.6. The molecule has 0 spiro atoms. The first-order valence-electron chi connectivity index (χ1n) is 9.30. The van der Waals surface area contributed by atoms with E-state index in [4.69, 9.17) is 0 Å². The van der Waals surface area contributed by atoms with Crippen LogP contribution >= 0.6 is 11.3 Å². The summed E-state index contributed by atoms with van der Waals surface area (Å²) in [6.07, 6.45) is 6.55. The van der Waals surface area contributed by atoms with Gasteiger partial charge in [-0.15, -0.1) is 11.3 Å². The van der Waals surface area contributed by atoms with Crippen molar-refractivity contribution in [1.29, 1.82) is 0 Å². The Morgan fingerprint density at radius 3 is 2.72 bits per heavy atom. The minimum Gasteiger partial charge on any atom is -0.372 e. The van der Waals surface area contributed by atoms with Gasteiger partial charge < -0.3 is 10.2 Å². The largest absolute Gasteiger partial charge is 0.372 e. The van der Waals surface area contributed by atoms with E-state index in [0.717, 1.165) is 43.0 Å². The minimum atomic E-state index is 0.0640. The van der Waals surface area contributed by atoms with Gasteiger partial charge in [0.15, 0.2) is 0 Å². The number of thiazole rings is 1. The summed E-state index contributed by atoms with van der Waals surface area (Å²) in [5.74, 6) is 0.205. The highest BCUT2D eigenvalue weighted by Gasteiger charge is 2.27. The van der Waals surface area contributed by atoms with E-state index >= 15 is 0 Å². The van der Waals surface area contributed by atoms with Gasteiger partial charge in [-0.3, -0.25) is 4.79 Å². The van der Waals surface area contributed by atoms with Gasteiger partial charge in [0.25, 0.3) is 0 Å². The van der Waals surface area contributed by atoms with Crippen LogP contribution in [0.15, 0.2) is 24.3 Å². The number of carbonyl (C=O) groups is 1. The second-order valence-corrected chi connectivity index (χ2v) is 8.41. The standard InChI is InChI=1S/C20H25N3OS/c1-14-21-18-10-5-15(13-19(18)25-14)20(24)22-16-6-8-17(9-7-16)23-11-3-2-4-12-23/h6-9,15H,2-5,10-13H2,1H3,(H,22,24). The molecule has 1 aliphatic carbocycles. The lowest BCUT2D eigenvalue weighted by Gasteiger charge is -2.29. The lowest BCUT2D eigenvalue weighted by atomic mass is 9.90. The van der Waals surface area contributed by atoms with Gasteiger partial charge in [0, 0.05) is 35.3 Å². The van der Waals surface area contributed by atoms with Crippen molar-refractivity contribution in [1.82, 2.24) is 4.98 Å². The van der Waals surface area contributed by atoms with E-state index < -0.39 is 0 Å². The first kappa shape index (κ1) is 16.6. The van der Waals surface area contributed by atoms with E-state index in [-0.39, 0.29) is 11.8 Å². The fourth-order valence-electron chi connectivity index (χ4n) is 3.88. The molecule has 0 saturated carbocycles. The Labute approximate surface area is 153 Å². The molecule has 4 nitrogen and oxygen atoms in total. The molecule has 0 radical (unpaired) electrons. The Bertz CT molecular complexity index is 747. The van der Waals surface area contributed by atoms with Crippen molar-refractivity contribution < 1.29 is 4.79 Å². The molecule has 132 valence electrons.